The van der Waals surface area contributed by atoms with E-state index in [1.807, 2.05) is 6.07 Å². The Morgan fingerprint density at radius 2 is 1.95 bits per heavy atom. The number of fused-ring (bicyclic) bond motifs is 1. The molecule has 0 saturated heterocycles. The Hall–Kier alpha value is -4.35. The van der Waals surface area contributed by atoms with Crippen LogP contribution < -0.4 is 21.0 Å². The van der Waals surface area contributed by atoms with Gasteiger partial charge >= 0.3 is 5.69 Å². The highest BCUT2D eigenvalue weighted by atomic mass is 32.1. The van der Waals surface area contributed by atoms with Crippen molar-refractivity contribution in [2.75, 3.05) is 25.8 Å². The van der Waals surface area contributed by atoms with Crippen LogP contribution in [0.2, 0.25) is 0 Å². The molecule has 0 bridgehead atoms. The molecule has 4 rings (SSSR count). The molecule has 0 spiro atoms. The van der Waals surface area contributed by atoms with Crippen LogP contribution in [0.25, 0.3) is 15.2 Å². The van der Waals surface area contributed by atoms with E-state index in [4.69, 9.17) is 14.7 Å². The molecule has 40 heavy (non-hydrogen) atoms. The number of hydrogen-bond acceptors (Lipinski definition) is 9. The Bertz CT molecular complexity index is 1700. The highest BCUT2D eigenvalue weighted by Gasteiger charge is 2.28. The van der Waals surface area contributed by atoms with Gasteiger partial charge in [0.2, 0.25) is 5.91 Å². The van der Waals surface area contributed by atoms with Gasteiger partial charge < -0.3 is 9.47 Å². The predicted molar refractivity (Wildman–Crippen MR) is 146 cm³/mol. The summed E-state index contributed by atoms with van der Waals surface area (Å²) in [7, 11) is 2.78. The SMILES string of the molecule is COc1ccc(F)cc1C(Cn1c(=O)n(N(C)C(=O)C(C)C)c(=O)c2c(C)c(-n3nccn3)sc21)OCCC#N. The van der Waals surface area contributed by atoms with Gasteiger partial charge in [-0.25, -0.2) is 14.2 Å². The van der Waals surface area contributed by atoms with Gasteiger partial charge in [0, 0.05) is 24.1 Å². The fourth-order valence-corrected chi connectivity index (χ4v) is 5.56. The van der Waals surface area contributed by atoms with Crippen molar-refractivity contribution in [2.45, 2.75) is 39.8 Å². The molecular weight excluding hydrogens is 541 g/mol. The summed E-state index contributed by atoms with van der Waals surface area (Å²) in [6, 6.07) is 5.91. The molecule has 1 atom stereocenters. The number of ether oxygens (including phenoxy) is 2. The molecule has 210 valence electrons. The monoisotopic (exact) mass is 569 g/mol. The first-order chi connectivity index (χ1) is 19.1. The van der Waals surface area contributed by atoms with Crippen molar-refractivity contribution in [1.82, 2.24) is 24.2 Å². The van der Waals surface area contributed by atoms with E-state index in [-0.39, 0.29) is 25.0 Å². The minimum atomic E-state index is -0.953. The number of amides is 1. The third kappa shape index (κ3) is 5.25. The number of benzene rings is 1. The van der Waals surface area contributed by atoms with E-state index in [1.165, 1.54) is 54.1 Å². The van der Waals surface area contributed by atoms with Crippen molar-refractivity contribution in [1.29, 1.82) is 5.26 Å². The van der Waals surface area contributed by atoms with Gasteiger partial charge in [-0.05, 0) is 25.1 Å². The van der Waals surface area contributed by atoms with Crippen LogP contribution in [0.4, 0.5) is 4.39 Å². The van der Waals surface area contributed by atoms with Crippen molar-refractivity contribution < 1.29 is 18.7 Å². The number of aromatic nitrogens is 5. The first kappa shape index (κ1) is 28.7. The first-order valence-electron chi connectivity index (χ1n) is 12.4. The summed E-state index contributed by atoms with van der Waals surface area (Å²) in [5, 5.41) is 19.1. The third-order valence-electron chi connectivity index (χ3n) is 6.30. The second-order valence-corrected chi connectivity index (χ2v) is 10.2. The third-order valence-corrected chi connectivity index (χ3v) is 7.58. The van der Waals surface area contributed by atoms with Crippen LogP contribution in [0.1, 0.15) is 37.5 Å². The number of aryl methyl sites for hydroxylation is 1. The van der Waals surface area contributed by atoms with Gasteiger partial charge in [-0.1, -0.05) is 25.2 Å². The summed E-state index contributed by atoms with van der Waals surface area (Å²) >= 11 is 1.12. The van der Waals surface area contributed by atoms with Gasteiger partial charge in [-0.15, -0.1) is 4.80 Å². The van der Waals surface area contributed by atoms with Crippen LogP contribution in [0.15, 0.2) is 40.2 Å². The zero-order chi connectivity index (χ0) is 29.1. The lowest BCUT2D eigenvalue weighted by Crippen LogP contribution is -2.54. The maximum Gasteiger partial charge on any atom is 0.351 e. The van der Waals surface area contributed by atoms with Crippen LogP contribution in [0, 0.1) is 30.0 Å². The van der Waals surface area contributed by atoms with Gasteiger partial charge in [0.1, 0.15) is 27.5 Å². The Kier molecular flexibility index (Phi) is 8.46. The minimum absolute atomic E-state index is 0.00394. The lowest BCUT2D eigenvalue weighted by molar-refractivity contribution is -0.122. The van der Waals surface area contributed by atoms with E-state index in [9.17, 15) is 18.8 Å². The minimum Gasteiger partial charge on any atom is -0.496 e. The maximum absolute atomic E-state index is 14.4. The molecule has 1 aromatic carbocycles. The average Bonchev–Trinajstić information content (AvgIpc) is 3.57. The summed E-state index contributed by atoms with van der Waals surface area (Å²) in [6.45, 7) is 4.84. The highest BCUT2D eigenvalue weighted by molar-refractivity contribution is 7.21. The molecule has 1 unspecified atom stereocenters. The van der Waals surface area contributed by atoms with Crippen molar-refractivity contribution in [3.8, 4) is 16.8 Å². The molecule has 3 aromatic heterocycles. The molecule has 12 nitrogen and oxygen atoms in total. The summed E-state index contributed by atoms with van der Waals surface area (Å²) < 4.78 is 27.9. The summed E-state index contributed by atoms with van der Waals surface area (Å²) in [6.07, 6.45) is 2.07. The van der Waals surface area contributed by atoms with Crippen molar-refractivity contribution in [2.24, 2.45) is 5.92 Å². The van der Waals surface area contributed by atoms with Crippen LogP contribution in [-0.2, 0) is 16.1 Å². The Morgan fingerprint density at radius 1 is 1.25 bits per heavy atom. The second kappa shape index (κ2) is 11.8. The molecule has 0 N–H and O–H groups in total. The smallest absolute Gasteiger partial charge is 0.351 e. The molecule has 0 aliphatic heterocycles. The normalized spacial score (nSPS) is 12.1. The average molecular weight is 570 g/mol. The lowest BCUT2D eigenvalue weighted by Gasteiger charge is -2.25. The topological polar surface area (TPSA) is 137 Å². The van der Waals surface area contributed by atoms with Crippen LogP contribution in [0.3, 0.4) is 0 Å². The quantitative estimate of drug-likeness (QED) is 0.266. The molecule has 1 amide bonds. The molecule has 0 radical (unpaired) electrons. The summed E-state index contributed by atoms with van der Waals surface area (Å²) in [5.41, 5.74) is -0.642. The van der Waals surface area contributed by atoms with Crippen LogP contribution in [0.5, 0.6) is 5.75 Å². The van der Waals surface area contributed by atoms with Crippen molar-refractivity contribution >= 4 is 27.5 Å². The summed E-state index contributed by atoms with van der Waals surface area (Å²) in [4.78, 5) is 42.3. The molecule has 0 aliphatic carbocycles. The van der Waals surface area contributed by atoms with E-state index in [1.54, 1.807) is 20.8 Å². The maximum atomic E-state index is 14.4. The van der Waals surface area contributed by atoms with E-state index < -0.39 is 35.0 Å². The van der Waals surface area contributed by atoms with Gasteiger partial charge in [0.05, 0.1) is 50.5 Å². The Balaban J connectivity index is 2.01. The van der Waals surface area contributed by atoms with Crippen LogP contribution in [-0.4, -0.2) is 50.9 Å². The number of nitrogens with zero attached hydrogens (tertiary/aromatic N) is 7. The fourth-order valence-electron chi connectivity index (χ4n) is 4.34. The van der Waals surface area contributed by atoms with Crippen LogP contribution >= 0.6 is 11.3 Å². The lowest BCUT2D eigenvalue weighted by atomic mass is 10.1. The molecule has 0 saturated carbocycles. The number of methoxy groups -OCH3 is 1. The fraction of sp³-hybridized carbons (Fsp3) is 0.385. The van der Waals surface area contributed by atoms with E-state index in [0.29, 0.717) is 26.7 Å². The Morgan fingerprint density at radius 3 is 2.58 bits per heavy atom. The standard InChI is InChI=1S/C26H28FN7O5S/c1-15(2)22(35)31(4)33-23(36)21-16(3)24(34-29-10-11-30-34)40-25(21)32(26(33)37)14-20(39-12-6-9-28)18-13-17(27)7-8-19(18)38-5/h7-8,10-11,13,15,20H,6,12,14H2,1-5H3. The number of rotatable bonds is 10. The van der Waals surface area contributed by atoms with Crippen molar-refractivity contribution in [3.63, 3.8) is 0 Å². The predicted octanol–water partition coefficient (Wildman–Crippen LogP) is 2.68. The number of thiophene rings is 1. The molecule has 14 heteroatoms. The number of nitriles is 1. The summed E-state index contributed by atoms with van der Waals surface area (Å²) in [5.74, 6) is -1.17. The van der Waals surface area contributed by atoms with Gasteiger partial charge in [-0.2, -0.15) is 20.1 Å². The number of hydrogen-bond donors (Lipinski definition) is 0. The number of carbonyl (C=O) groups excluding carboxylic acids is 1. The van der Waals surface area contributed by atoms with E-state index >= 15 is 0 Å². The second-order valence-electron chi connectivity index (χ2n) is 9.21. The zero-order valence-electron chi connectivity index (χ0n) is 22.6. The Labute approximate surface area is 232 Å². The zero-order valence-corrected chi connectivity index (χ0v) is 23.4. The molecular formula is C26H28FN7O5S. The number of halogens is 1. The van der Waals surface area contributed by atoms with E-state index in [2.05, 4.69) is 10.2 Å². The molecule has 3 heterocycles. The molecule has 4 aromatic rings. The van der Waals surface area contributed by atoms with Gasteiger partial charge in [-0.3, -0.25) is 14.2 Å². The van der Waals surface area contributed by atoms with Crippen molar-refractivity contribution in [3.05, 3.63) is 68.4 Å². The molecule has 0 fully saturated rings. The highest BCUT2D eigenvalue weighted by Crippen LogP contribution is 2.34. The van der Waals surface area contributed by atoms with Gasteiger partial charge in [0.15, 0.2) is 0 Å². The number of carbonyl (C=O) groups is 1. The van der Waals surface area contributed by atoms with E-state index in [0.717, 1.165) is 21.0 Å². The van der Waals surface area contributed by atoms with Gasteiger partial charge in [0.25, 0.3) is 5.56 Å². The molecule has 0 aliphatic rings. The largest absolute Gasteiger partial charge is 0.496 e. The first-order valence-corrected chi connectivity index (χ1v) is 13.2.